The summed E-state index contributed by atoms with van der Waals surface area (Å²) in [4.78, 5) is 15.4. The van der Waals surface area contributed by atoms with Crippen molar-refractivity contribution in [1.82, 2.24) is 4.90 Å². The molecule has 13 atom stereocenters. The van der Waals surface area contributed by atoms with Gasteiger partial charge >= 0.3 is 5.97 Å². The minimum Gasteiger partial charge on any atom is -0.459 e. The highest BCUT2D eigenvalue weighted by atomic mass is 16.6. The second-order valence-electron chi connectivity index (χ2n) is 13.0. The lowest BCUT2D eigenvalue weighted by Gasteiger charge is -2.50. The highest BCUT2D eigenvalue weighted by Gasteiger charge is 2.51. The third-order valence-corrected chi connectivity index (χ3v) is 10.0. The molecule has 0 aromatic carbocycles. The van der Waals surface area contributed by atoms with E-state index in [-0.39, 0.29) is 41.5 Å². The number of methoxy groups -OCH3 is 1. The molecule has 2 aliphatic heterocycles. The van der Waals surface area contributed by atoms with Gasteiger partial charge < -0.3 is 40.2 Å². The van der Waals surface area contributed by atoms with Crippen LogP contribution in [0.5, 0.6) is 0 Å². The molecule has 5 N–H and O–H groups in total. The summed E-state index contributed by atoms with van der Waals surface area (Å²) < 4.78 is 18.2. The first-order valence-electron chi connectivity index (χ1n) is 14.8. The Hall–Kier alpha value is -1.49. The molecule has 0 amide bonds. The molecule has 1 unspecified atom stereocenters. The SMILES string of the molecule is C=CN1C[C@H](C)C[C@@](C)(O)[C@H](C)[C@@H](C)C([C@H]2C[C@@](C)(OC)[C@@H](N)[C@H](C)O2)[C@@H](C)C(=O)O[C@H](CC)[C@@H](O)[C@H](O)C1=C. The minimum atomic E-state index is -1.38. The van der Waals surface area contributed by atoms with Crippen molar-refractivity contribution in [2.75, 3.05) is 13.7 Å². The maximum Gasteiger partial charge on any atom is 0.309 e. The lowest BCUT2D eigenvalue weighted by atomic mass is 9.65. The van der Waals surface area contributed by atoms with E-state index in [2.05, 4.69) is 20.1 Å². The lowest BCUT2D eigenvalue weighted by Crippen LogP contribution is -2.62. The van der Waals surface area contributed by atoms with Crippen LogP contribution in [0.15, 0.2) is 25.1 Å². The van der Waals surface area contributed by atoms with E-state index in [1.54, 1.807) is 25.1 Å². The van der Waals surface area contributed by atoms with Crippen LogP contribution in [0.1, 0.15) is 74.7 Å². The first-order chi connectivity index (χ1) is 18.4. The smallest absolute Gasteiger partial charge is 0.309 e. The number of carbonyl (C=O) groups is 1. The molecule has 0 radical (unpaired) electrons. The number of aliphatic hydroxyl groups excluding tert-OH is 2. The quantitative estimate of drug-likeness (QED) is 0.377. The predicted octanol–water partition coefficient (Wildman–Crippen LogP) is 3.21. The molecular formula is C31H56N2O7. The van der Waals surface area contributed by atoms with E-state index in [1.165, 1.54) is 0 Å². The van der Waals surface area contributed by atoms with Crippen molar-refractivity contribution in [2.45, 2.75) is 122 Å². The maximum absolute atomic E-state index is 13.7. The van der Waals surface area contributed by atoms with Crippen LogP contribution in [0.3, 0.4) is 0 Å². The molecule has 0 saturated carbocycles. The molecule has 2 rings (SSSR count). The number of ether oxygens (including phenoxy) is 3. The molecule has 0 aliphatic carbocycles. The Morgan fingerprint density at radius 1 is 1.18 bits per heavy atom. The molecule has 0 bridgehead atoms. The number of hydrogen-bond donors (Lipinski definition) is 4. The summed E-state index contributed by atoms with van der Waals surface area (Å²) in [6.45, 7) is 23.7. The van der Waals surface area contributed by atoms with Gasteiger partial charge in [0.2, 0.25) is 0 Å². The van der Waals surface area contributed by atoms with Gasteiger partial charge in [-0.25, -0.2) is 0 Å². The number of carbonyl (C=O) groups excluding carboxylic acids is 1. The van der Waals surface area contributed by atoms with Crippen LogP contribution in [0, 0.1) is 29.6 Å². The van der Waals surface area contributed by atoms with Gasteiger partial charge in [0.1, 0.15) is 18.3 Å². The standard InChI is InChI=1S/C31H56N2O7/c1-12-23-27(35)26(34)21(7)33(13-2)16-17(3)14-30(9,37)20(6)18(4)25(19(5)29(36)40-23)24-15-31(10,38-11)28(32)22(8)39-24/h13,17-20,22-28,34-35,37H,2,7,12,14-16,32H2,1,3-6,8-11H3/t17-,18-,19-,20-,22+,23-,24-,25?,26-,27-,28+,30-,31-/m1/s1. The van der Waals surface area contributed by atoms with E-state index in [4.69, 9.17) is 19.9 Å². The summed E-state index contributed by atoms with van der Waals surface area (Å²) in [5.74, 6) is -1.88. The first kappa shape index (κ1) is 34.7. The molecular weight excluding hydrogens is 512 g/mol. The average Bonchev–Trinajstić information content (AvgIpc) is 2.90. The molecule has 232 valence electrons. The largest absolute Gasteiger partial charge is 0.459 e. The molecule has 40 heavy (non-hydrogen) atoms. The van der Waals surface area contributed by atoms with Gasteiger partial charge in [-0.05, 0) is 57.6 Å². The van der Waals surface area contributed by atoms with Crippen LogP contribution in [0.2, 0.25) is 0 Å². The molecule has 0 aromatic heterocycles. The monoisotopic (exact) mass is 568 g/mol. The molecule has 9 heteroatoms. The van der Waals surface area contributed by atoms with Crippen molar-refractivity contribution in [1.29, 1.82) is 0 Å². The topological polar surface area (TPSA) is 135 Å². The fraction of sp³-hybridized carbons (Fsp3) is 0.839. The highest BCUT2D eigenvalue weighted by molar-refractivity contribution is 5.72. The van der Waals surface area contributed by atoms with Crippen LogP contribution in [-0.2, 0) is 19.0 Å². The molecule has 0 aromatic rings. The molecule has 2 aliphatic rings. The average molecular weight is 569 g/mol. The third-order valence-electron chi connectivity index (χ3n) is 10.0. The van der Waals surface area contributed by atoms with Gasteiger partial charge in [0.25, 0.3) is 0 Å². The number of aliphatic hydroxyl groups is 3. The summed E-state index contributed by atoms with van der Waals surface area (Å²) in [5.41, 5.74) is 4.98. The number of nitrogens with two attached hydrogens (primary N) is 1. The Morgan fingerprint density at radius 3 is 2.30 bits per heavy atom. The van der Waals surface area contributed by atoms with Gasteiger partial charge in [-0.2, -0.15) is 0 Å². The Balaban J connectivity index is 2.60. The Labute approximate surface area is 241 Å². The molecule has 2 heterocycles. The Morgan fingerprint density at radius 2 is 1.77 bits per heavy atom. The third kappa shape index (κ3) is 7.28. The number of nitrogens with zero attached hydrogens (tertiary/aromatic N) is 1. The summed E-state index contributed by atoms with van der Waals surface area (Å²) in [6, 6.07) is -0.350. The molecule has 2 saturated heterocycles. The zero-order valence-electron chi connectivity index (χ0n) is 26.2. The van der Waals surface area contributed by atoms with Gasteiger partial charge in [-0.1, -0.05) is 47.8 Å². The van der Waals surface area contributed by atoms with Crippen LogP contribution >= 0.6 is 0 Å². The van der Waals surface area contributed by atoms with Gasteiger partial charge in [0.15, 0.2) is 0 Å². The number of rotatable bonds is 4. The molecule has 9 nitrogen and oxygen atoms in total. The zero-order valence-corrected chi connectivity index (χ0v) is 26.2. The van der Waals surface area contributed by atoms with Gasteiger partial charge in [0.05, 0.1) is 35.4 Å². The van der Waals surface area contributed by atoms with E-state index in [1.807, 2.05) is 41.5 Å². The van der Waals surface area contributed by atoms with Crippen molar-refractivity contribution in [3.8, 4) is 0 Å². The zero-order chi connectivity index (χ0) is 30.7. The van der Waals surface area contributed by atoms with Crippen LogP contribution in [-0.4, -0.2) is 87.6 Å². The normalized spacial score (nSPS) is 46.7. The van der Waals surface area contributed by atoms with Crippen LogP contribution < -0.4 is 5.73 Å². The maximum atomic E-state index is 13.7. The molecule has 2 fully saturated rings. The summed E-state index contributed by atoms with van der Waals surface area (Å²) in [5, 5.41) is 33.9. The summed E-state index contributed by atoms with van der Waals surface area (Å²) in [6.07, 6.45) is -1.63. The number of esters is 1. The van der Waals surface area contributed by atoms with Gasteiger partial charge in [-0.15, -0.1) is 0 Å². The van der Waals surface area contributed by atoms with Crippen molar-refractivity contribution < 1.29 is 34.3 Å². The van der Waals surface area contributed by atoms with Crippen molar-refractivity contribution in [2.24, 2.45) is 35.3 Å². The fourth-order valence-electron chi connectivity index (χ4n) is 6.88. The molecule has 0 spiro atoms. The first-order valence-corrected chi connectivity index (χ1v) is 14.8. The highest BCUT2D eigenvalue weighted by Crippen LogP contribution is 2.44. The van der Waals surface area contributed by atoms with Gasteiger partial charge in [-0.3, -0.25) is 4.79 Å². The Bertz CT molecular complexity index is 882. The van der Waals surface area contributed by atoms with Crippen LogP contribution in [0.25, 0.3) is 0 Å². The Kier molecular flexibility index (Phi) is 11.8. The minimum absolute atomic E-state index is 0.00895. The number of cyclic esters (lactones) is 1. The second-order valence-corrected chi connectivity index (χ2v) is 13.0. The van der Waals surface area contributed by atoms with E-state index in [9.17, 15) is 20.1 Å². The van der Waals surface area contributed by atoms with Gasteiger partial charge in [0, 0.05) is 31.7 Å². The number of hydrogen-bond acceptors (Lipinski definition) is 9. The van der Waals surface area contributed by atoms with Crippen molar-refractivity contribution >= 4 is 5.97 Å². The van der Waals surface area contributed by atoms with E-state index < -0.39 is 47.5 Å². The van der Waals surface area contributed by atoms with E-state index in [0.717, 1.165) is 0 Å². The fourth-order valence-corrected chi connectivity index (χ4v) is 6.88. The predicted molar refractivity (Wildman–Crippen MR) is 156 cm³/mol. The second kappa shape index (κ2) is 13.7. The van der Waals surface area contributed by atoms with Crippen molar-refractivity contribution in [3.05, 3.63) is 25.1 Å². The van der Waals surface area contributed by atoms with Crippen LogP contribution in [0.4, 0.5) is 0 Å². The lowest BCUT2D eigenvalue weighted by molar-refractivity contribution is -0.197. The van der Waals surface area contributed by atoms with E-state index in [0.29, 0.717) is 25.8 Å². The summed E-state index contributed by atoms with van der Waals surface area (Å²) >= 11 is 0. The van der Waals surface area contributed by atoms with E-state index >= 15 is 0 Å². The van der Waals surface area contributed by atoms with Crippen molar-refractivity contribution in [3.63, 3.8) is 0 Å². The summed E-state index contributed by atoms with van der Waals surface area (Å²) in [7, 11) is 1.64.